The minimum Gasteiger partial charge on any atom is -0.384 e. The van der Waals surface area contributed by atoms with Gasteiger partial charge in [0, 0.05) is 128 Å². The molecule has 622 valence electrons. The molecule has 2 saturated carbocycles. The Kier molecular flexibility index (Phi) is 25.8. The number of likely N-dealkylation sites (N-methyl/N-ethyl adjacent to an activating group) is 2. The van der Waals surface area contributed by atoms with Crippen molar-refractivity contribution in [2.45, 2.75) is 273 Å². The molecule has 0 unspecified atom stereocenters. The number of nitrogens with one attached hydrogen (secondary N) is 4. The number of anilines is 5. The Hall–Kier alpha value is -9.27. The fourth-order valence-corrected chi connectivity index (χ4v) is 16.0. The van der Waals surface area contributed by atoms with E-state index in [9.17, 15) is 24.0 Å². The lowest BCUT2D eigenvalue weighted by atomic mass is 9.82. The fourth-order valence-electron chi connectivity index (χ4n) is 16.0. The summed E-state index contributed by atoms with van der Waals surface area (Å²) < 4.78 is 3.33. The van der Waals surface area contributed by atoms with Crippen LogP contribution in [-0.4, -0.2) is 103 Å². The monoisotopic (exact) mass is 1570 g/mol. The smallest absolute Gasteiger partial charge is 0.250 e. The van der Waals surface area contributed by atoms with E-state index in [0.29, 0.717) is 10.8 Å². The van der Waals surface area contributed by atoms with Crippen LogP contribution in [0.4, 0.5) is 28.4 Å². The van der Waals surface area contributed by atoms with E-state index in [2.05, 4.69) is 302 Å². The van der Waals surface area contributed by atoms with E-state index in [0.717, 1.165) is 72.3 Å². The molecule has 9 aromatic rings. The molecule has 14 heteroatoms. The predicted molar refractivity (Wildman–Crippen MR) is 489 cm³/mol. The highest BCUT2D eigenvalue weighted by Crippen LogP contribution is 2.57. The number of aromatic nitrogens is 2. The summed E-state index contributed by atoms with van der Waals surface area (Å²) in [4.78, 5) is 64.4. The SMILES string of the molecule is CC(=O)N1CC2(CC2)c2ccc(C(C)(C)C)cc21.CC(=O)N1CCc2ccc(C(C)(C)C)cc21.CC(=O)n1ccc2ccc(C(C)(C)C)cc21.CC(C)(C)c1ccc2c(c1)NCC2.CC(C)(C)c1ccc2c(c1)NCC2(C)C.CC(C)(C)c1ccc2c(c1)NCC21CC1.CNCC(=O)N(C)CC(=O)n1ccc2ccc(C(C)(C)C)cc21. The zero-order chi connectivity index (χ0) is 85.6. The van der Waals surface area contributed by atoms with Gasteiger partial charge < -0.3 is 36.0 Å². The molecule has 2 spiro atoms. The predicted octanol–water partition coefficient (Wildman–Crippen LogP) is 22.2. The minimum atomic E-state index is -0.113. The molecule has 7 heterocycles. The van der Waals surface area contributed by atoms with Crippen molar-refractivity contribution in [1.82, 2.24) is 19.4 Å². The third kappa shape index (κ3) is 20.8. The molecular weight excluding hydrogens is 1430 g/mol. The molecule has 0 radical (unpaired) electrons. The standard InChI is InChI=1S/C18H25N3O2.C16H21NO.C14H19NO.C14H17NO.C14H19N.C14H21N.C12H17N/c1-18(2,3)14-7-6-13-8-9-21(15(13)10-14)17(23)12-20(5)16(22)11-19-4;1-11(18)17-10-16(7-8-16)13-6-5-12(9-14(13)17)15(2,3)4;2*1-10(16)15-8-7-11-5-6-12(9-13(11)15)14(2,3)4;1-13(2,3)10-4-5-11-12(8-10)15-9-14(11)6-7-14;1-13(2,3)10-6-7-11-12(8-10)15-9-14(11,4)5;1-12(2,3)10-5-4-9-6-7-13-11(9)8-10/h6-10,19H,11-12H2,1-5H3;5-6,9H,7-8,10H2,1-4H3;5-6,9H,7-8H2,1-4H3;5-9H,1-4H3;4-5,8,15H,6-7,9H2,1-3H3;6-8,15H,9H2,1-5H3;4-5,8,13H,6-7H2,1-3H3. The van der Waals surface area contributed by atoms with Gasteiger partial charge in [0.1, 0.15) is 6.54 Å². The summed E-state index contributed by atoms with van der Waals surface area (Å²) in [6.45, 7) is 61.4. The van der Waals surface area contributed by atoms with Crippen LogP contribution in [0.2, 0.25) is 0 Å². The highest BCUT2D eigenvalue weighted by molar-refractivity contribution is 5.97. The average molecular weight is 1570 g/mol. The molecular formula is C102H139N9O5. The van der Waals surface area contributed by atoms with Crippen LogP contribution in [0.15, 0.2) is 152 Å². The van der Waals surface area contributed by atoms with Gasteiger partial charge in [-0.3, -0.25) is 33.1 Å². The number of carbonyl (C=O) groups is 5. The maximum absolute atomic E-state index is 12.5. The lowest BCUT2D eigenvalue weighted by molar-refractivity contribution is -0.128. The Balaban J connectivity index is 0.000000144. The largest absolute Gasteiger partial charge is 0.384 e. The van der Waals surface area contributed by atoms with Crippen LogP contribution in [-0.2, 0) is 81.4 Å². The second-order valence-electron chi connectivity index (χ2n) is 41.7. The quantitative estimate of drug-likeness (QED) is 0.135. The first-order valence-electron chi connectivity index (χ1n) is 42.4. The first-order valence-corrected chi connectivity index (χ1v) is 42.4. The first kappa shape index (κ1) is 89.1. The Morgan fingerprint density at radius 1 is 0.414 bits per heavy atom. The van der Waals surface area contributed by atoms with Crippen LogP contribution in [0, 0.1) is 0 Å². The Labute approximate surface area is 696 Å². The van der Waals surface area contributed by atoms with Crippen LogP contribution in [0.5, 0.6) is 0 Å². The van der Waals surface area contributed by atoms with Gasteiger partial charge in [-0.2, -0.15) is 0 Å². The number of hydrogen-bond donors (Lipinski definition) is 4. The van der Waals surface area contributed by atoms with Crippen molar-refractivity contribution in [1.29, 1.82) is 0 Å². The molecule has 7 aliphatic rings. The zero-order valence-corrected chi connectivity index (χ0v) is 75.9. The molecule has 0 saturated heterocycles. The number of carbonyl (C=O) groups excluding carboxylic acids is 5. The highest BCUT2D eigenvalue weighted by Gasteiger charge is 2.53. The van der Waals surface area contributed by atoms with E-state index < -0.39 is 0 Å². The van der Waals surface area contributed by atoms with Crippen molar-refractivity contribution < 1.29 is 24.0 Å². The molecule has 3 amide bonds. The van der Waals surface area contributed by atoms with Gasteiger partial charge in [0.25, 0.3) is 5.91 Å². The van der Waals surface area contributed by atoms with Crippen molar-refractivity contribution in [3.63, 3.8) is 0 Å². The number of fused-ring (bicyclic) bond motifs is 9. The van der Waals surface area contributed by atoms with Gasteiger partial charge in [0.05, 0.1) is 17.6 Å². The lowest BCUT2D eigenvalue weighted by Crippen LogP contribution is -2.38. The Bertz CT molecular complexity index is 5030. The van der Waals surface area contributed by atoms with Crippen molar-refractivity contribution in [3.05, 3.63) is 219 Å². The summed E-state index contributed by atoms with van der Waals surface area (Å²) >= 11 is 0. The zero-order valence-electron chi connectivity index (χ0n) is 75.9. The molecule has 0 atom stereocenters. The maximum Gasteiger partial charge on any atom is 0.250 e. The van der Waals surface area contributed by atoms with E-state index in [1.165, 1.54) is 115 Å². The molecule has 7 aromatic carbocycles. The van der Waals surface area contributed by atoms with Crippen molar-refractivity contribution in [2.24, 2.45) is 0 Å². The van der Waals surface area contributed by atoms with Crippen LogP contribution in [0.1, 0.15) is 282 Å². The van der Waals surface area contributed by atoms with Crippen LogP contribution in [0.3, 0.4) is 0 Å². The van der Waals surface area contributed by atoms with Crippen molar-refractivity contribution >= 4 is 79.8 Å². The normalized spacial score (nSPS) is 16.0. The number of rotatable bonds is 4. The van der Waals surface area contributed by atoms with Gasteiger partial charge >= 0.3 is 0 Å². The molecule has 0 bridgehead atoms. The summed E-state index contributed by atoms with van der Waals surface area (Å²) in [5.74, 6) is 0.155. The summed E-state index contributed by atoms with van der Waals surface area (Å²) in [7, 11) is 3.35. The lowest BCUT2D eigenvalue weighted by Gasteiger charge is -2.22. The number of hydrogen-bond acceptors (Lipinski definition) is 9. The van der Waals surface area contributed by atoms with Gasteiger partial charge in [-0.05, 0) is 205 Å². The highest BCUT2D eigenvalue weighted by atomic mass is 16.2. The number of benzene rings is 7. The summed E-state index contributed by atoms with van der Waals surface area (Å²) in [5.41, 5.74) is 27.0. The van der Waals surface area contributed by atoms with E-state index in [1.807, 2.05) is 34.2 Å². The van der Waals surface area contributed by atoms with Gasteiger partial charge in [0.2, 0.25) is 23.6 Å². The van der Waals surface area contributed by atoms with Gasteiger partial charge in [0.15, 0.2) is 0 Å². The van der Waals surface area contributed by atoms with E-state index >= 15 is 0 Å². The maximum atomic E-state index is 12.5. The molecule has 14 nitrogen and oxygen atoms in total. The van der Waals surface area contributed by atoms with E-state index in [1.54, 1.807) is 55.8 Å². The molecule has 5 aliphatic heterocycles. The van der Waals surface area contributed by atoms with Gasteiger partial charge in [-0.15, -0.1) is 0 Å². The van der Waals surface area contributed by atoms with Crippen LogP contribution < -0.4 is 31.1 Å². The summed E-state index contributed by atoms with van der Waals surface area (Å²) in [6, 6.07) is 50.3. The third-order valence-electron chi connectivity index (χ3n) is 24.4. The molecule has 16 rings (SSSR count). The molecule has 2 aliphatic carbocycles. The average Bonchev–Trinajstić information content (AvgIpc) is 1.56. The molecule has 2 aromatic heterocycles. The molecule has 2 fully saturated rings. The number of nitrogens with zero attached hydrogens (tertiary/aromatic N) is 5. The van der Waals surface area contributed by atoms with Crippen LogP contribution >= 0.6 is 0 Å². The number of amides is 3. The second-order valence-corrected chi connectivity index (χ2v) is 41.7. The second kappa shape index (κ2) is 33.6. The van der Waals surface area contributed by atoms with E-state index in [4.69, 9.17) is 0 Å². The van der Waals surface area contributed by atoms with E-state index in [-0.39, 0.29) is 85.9 Å². The molecule has 116 heavy (non-hydrogen) atoms. The van der Waals surface area contributed by atoms with Crippen LogP contribution in [0.25, 0.3) is 21.8 Å². The minimum absolute atomic E-state index is 0.0197. The fraction of sp³-hybridized carbons (Fsp3) is 0.500. The van der Waals surface area contributed by atoms with Crippen molar-refractivity contribution in [3.8, 4) is 0 Å². The Morgan fingerprint density at radius 2 is 0.819 bits per heavy atom. The third-order valence-corrected chi connectivity index (χ3v) is 24.4. The summed E-state index contributed by atoms with van der Waals surface area (Å²) in [6.07, 6.45) is 11.0. The molecule has 4 N–H and O–H groups in total. The topological polar surface area (TPSA) is 153 Å². The Morgan fingerprint density at radius 3 is 1.29 bits per heavy atom. The first-order chi connectivity index (χ1) is 53.7. The van der Waals surface area contributed by atoms with Gasteiger partial charge in [-0.1, -0.05) is 244 Å². The van der Waals surface area contributed by atoms with Gasteiger partial charge in [-0.25, -0.2) is 0 Å². The summed E-state index contributed by atoms with van der Waals surface area (Å²) in [5, 5.41) is 15.4. The van der Waals surface area contributed by atoms with Crippen molar-refractivity contribution in [2.75, 3.05) is 85.7 Å².